The zero-order valence-electron chi connectivity index (χ0n) is 12.0. The van der Waals surface area contributed by atoms with Gasteiger partial charge in [-0.05, 0) is 25.9 Å². The van der Waals surface area contributed by atoms with Gasteiger partial charge in [0.1, 0.15) is 0 Å². The van der Waals surface area contributed by atoms with Crippen molar-refractivity contribution in [3.63, 3.8) is 0 Å². The fourth-order valence-corrected chi connectivity index (χ4v) is 1.92. The van der Waals surface area contributed by atoms with Gasteiger partial charge in [0, 0.05) is 13.1 Å². The maximum Gasteiger partial charge on any atom is 0.236 e. The van der Waals surface area contributed by atoms with Crippen molar-refractivity contribution in [3.8, 4) is 0 Å². The minimum absolute atomic E-state index is 0.0229. The Morgan fingerprint density at radius 2 is 2.00 bits per heavy atom. The van der Waals surface area contributed by atoms with E-state index < -0.39 is 0 Å². The maximum absolute atomic E-state index is 11.7. The molecule has 4 heteroatoms. The molecule has 0 saturated carbocycles. The van der Waals surface area contributed by atoms with Crippen LogP contribution in [0.1, 0.15) is 40.0 Å². The summed E-state index contributed by atoms with van der Waals surface area (Å²) in [6.45, 7) is 8.00. The summed E-state index contributed by atoms with van der Waals surface area (Å²) < 4.78 is 0. The van der Waals surface area contributed by atoms with Crippen molar-refractivity contribution in [1.29, 1.82) is 0 Å². The summed E-state index contributed by atoms with van der Waals surface area (Å²) in [7, 11) is 4.08. The highest BCUT2D eigenvalue weighted by atomic mass is 16.2. The molecule has 0 bridgehead atoms. The molecule has 0 rings (SSSR count). The van der Waals surface area contributed by atoms with Crippen LogP contribution < -0.4 is 11.1 Å². The third-order valence-corrected chi connectivity index (χ3v) is 2.69. The van der Waals surface area contributed by atoms with Crippen molar-refractivity contribution in [3.05, 3.63) is 0 Å². The molecule has 0 aliphatic rings. The summed E-state index contributed by atoms with van der Waals surface area (Å²) >= 11 is 0. The van der Waals surface area contributed by atoms with E-state index in [1.807, 2.05) is 14.1 Å². The largest absolute Gasteiger partial charge is 0.354 e. The molecule has 102 valence electrons. The fraction of sp³-hybridized carbons (Fsp3) is 0.923. The second-order valence-electron chi connectivity index (χ2n) is 5.87. The van der Waals surface area contributed by atoms with Gasteiger partial charge >= 0.3 is 0 Å². The summed E-state index contributed by atoms with van der Waals surface area (Å²) in [5.41, 5.74) is 5.88. The Bertz CT molecular complexity index is 227. The van der Waals surface area contributed by atoms with Gasteiger partial charge in [-0.25, -0.2) is 0 Å². The van der Waals surface area contributed by atoms with Gasteiger partial charge in [0.05, 0.1) is 6.04 Å². The van der Waals surface area contributed by atoms with Gasteiger partial charge in [-0.3, -0.25) is 4.79 Å². The Morgan fingerprint density at radius 3 is 2.47 bits per heavy atom. The van der Waals surface area contributed by atoms with Crippen molar-refractivity contribution >= 4 is 5.91 Å². The second-order valence-corrected chi connectivity index (χ2v) is 5.87. The predicted octanol–water partition coefficient (Wildman–Crippen LogP) is 1.21. The van der Waals surface area contributed by atoms with Gasteiger partial charge in [-0.2, -0.15) is 0 Å². The van der Waals surface area contributed by atoms with Crippen molar-refractivity contribution in [2.45, 2.75) is 46.1 Å². The van der Waals surface area contributed by atoms with Crippen LogP contribution in [0.2, 0.25) is 0 Å². The molecular weight excluding hydrogens is 214 g/mol. The van der Waals surface area contributed by atoms with Crippen LogP contribution in [0.15, 0.2) is 0 Å². The number of nitrogens with one attached hydrogen (secondary N) is 1. The van der Waals surface area contributed by atoms with E-state index in [0.717, 1.165) is 25.8 Å². The Morgan fingerprint density at radius 1 is 1.41 bits per heavy atom. The molecule has 4 nitrogen and oxygen atoms in total. The highest BCUT2D eigenvalue weighted by molar-refractivity contribution is 5.81. The number of carbonyl (C=O) groups excluding carboxylic acids is 1. The molecule has 0 aromatic heterocycles. The quantitative estimate of drug-likeness (QED) is 0.673. The summed E-state index contributed by atoms with van der Waals surface area (Å²) in [5.74, 6) is -0.0229. The first-order chi connectivity index (χ1) is 7.78. The molecule has 1 atom stereocenters. The van der Waals surface area contributed by atoms with Crippen molar-refractivity contribution in [2.24, 2.45) is 11.1 Å². The van der Waals surface area contributed by atoms with Crippen molar-refractivity contribution in [1.82, 2.24) is 10.2 Å². The van der Waals surface area contributed by atoms with Crippen LogP contribution in [-0.4, -0.2) is 44.0 Å². The highest BCUT2D eigenvalue weighted by Crippen LogP contribution is 2.14. The molecule has 0 aromatic carbocycles. The highest BCUT2D eigenvalue weighted by Gasteiger charge is 2.21. The van der Waals surface area contributed by atoms with Gasteiger partial charge in [-0.1, -0.05) is 33.6 Å². The lowest BCUT2D eigenvalue weighted by Gasteiger charge is -2.29. The average molecular weight is 243 g/mol. The summed E-state index contributed by atoms with van der Waals surface area (Å²) in [6.07, 6.45) is 2.86. The number of rotatable bonds is 8. The molecule has 0 unspecified atom stereocenters. The number of carbonyl (C=O) groups is 1. The van der Waals surface area contributed by atoms with E-state index in [2.05, 4.69) is 31.0 Å². The molecule has 0 aromatic rings. The Kier molecular flexibility index (Phi) is 7.39. The third-order valence-electron chi connectivity index (χ3n) is 2.69. The molecule has 0 heterocycles. The molecule has 3 N–H and O–H groups in total. The lowest BCUT2D eigenvalue weighted by Crippen LogP contribution is -2.46. The SMILES string of the molecule is CCCC[C@H](N)C(=O)NCC(C)(C)CN(C)C. The zero-order valence-corrected chi connectivity index (χ0v) is 12.0. The molecule has 0 radical (unpaired) electrons. The first kappa shape index (κ1) is 16.4. The summed E-state index contributed by atoms with van der Waals surface area (Å²) in [6, 6.07) is -0.356. The average Bonchev–Trinajstić information content (AvgIpc) is 2.20. The second kappa shape index (κ2) is 7.67. The third kappa shape index (κ3) is 8.16. The summed E-state index contributed by atoms with van der Waals surface area (Å²) in [5, 5.41) is 2.95. The van der Waals surface area contributed by atoms with Crippen molar-refractivity contribution in [2.75, 3.05) is 27.2 Å². The molecule has 0 spiro atoms. The van der Waals surface area contributed by atoms with E-state index in [4.69, 9.17) is 5.73 Å². The predicted molar refractivity (Wildman–Crippen MR) is 72.8 cm³/mol. The minimum Gasteiger partial charge on any atom is -0.354 e. The monoisotopic (exact) mass is 243 g/mol. The molecule has 1 amide bonds. The molecule has 0 fully saturated rings. The van der Waals surface area contributed by atoms with Gasteiger partial charge in [0.15, 0.2) is 0 Å². The van der Waals surface area contributed by atoms with Crippen LogP contribution in [0.5, 0.6) is 0 Å². The number of hydrogen-bond acceptors (Lipinski definition) is 3. The lowest BCUT2D eigenvalue weighted by atomic mass is 9.93. The van der Waals surface area contributed by atoms with E-state index in [9.17, 15) is 4.79 Å². The van der Waals surface area contributed by atoms with Crippen LogP contribution in [0.25, 0.3) is 0 Å². The molecular formula is C13H29N3O. The zero-order chi connectivity index (χ0) is 13.5. The van der Waals surface area contributed by atoms with E-state index in [-0.39, 0.29) is 17.4 Å². The number of nitrogens with two attached hydrogens (primary N) is 1. The molecule has 0 aliphatic carbocycles. The van der Waals surface area contributed by atoms with Gasteiger partial charge < -0.3 is 16.0 Å². The van der Waals surface area contributed by atoms with E-state index in [0.29, 0.717) is 6.54 Å². The number of amides is 1. The topological polar surface area (TPSA) is 58.4 Å². The van der Waals surface area contributed by atoms with Gasteiger partial charge in [0.25, 0.3) is 0 Å². The number of hydrogen-bond donors (Lipinski definition) is 2. The number of unbranched alkanes of at least 4 members (excludes halogenated alkanes) is 1. The Hall–Kier alpha value is -0.610. The smallest absolute Gasteiger partial charge is 0.236 e. The normalized spacial score (nSPS) is 13.8. The van der Waals surface area contributed by atoms with Crippen LogP contribution >= 0.6 is 0 Å². The standard InChI is InChI=1S/C13H29N3O/c1-6-7-8-11(14)12(17)15-9-13(2,3)10-16(4)5/h11H,6-10,14H2,1-5H3,(H,15,17)/t11-/m0/s1. The number of nitrogens with zero attached hydrogens (tertiary/aromatic N) is 1. The van der Waals surface area contributed by atoms with Crippen LogP contribution in [-0.2, 0) is 4.79 Å². The first-order valence-corrected chi connectivity index (χ1v) is 6.46. The summed E-state index contributed by atoms with van der Waals surface area (Å²) in [4.78, 5) is 13.9. The van der Waals surface area contributed by atoms with Gasteiger partial charge in [-0.15, -0.1) is 0 Å². The van der Waals surface area contributed by atoms with Crippen LogP contribution in [0.3, 0.4) is 0 Å². The van der Waals surface area contributed by atoms with Crippen LogP contribution in [0.4, 0.5) is 0 Å². The Labute approximate surface area is 106 Å². The molecule has 17 heavy (non-hydrogen) atoms. The lowest BCUT2D eigenvalue weighted by molar-refractivity contribution is -0.123. The van der Waals surface area contributed by atoms with E-state index in [1.54, 1.807) is 0 Å². The van der Waals surface area contributed by atoms with Crippen LogP contribution in [0, 0.1) is 5.41 Å². The maximum atomic E-state index is 11.7. The fourth-order valence-electron chi connectivity index (χ4n) is 1.92. The van der Waals surface area contributed by atoms with E-state index >= 15 is 0 Å². The molecule has 0 saturated heterocycles. The van der Waals surface area contributed by atoms with Gasteiger partial charge in [0.2, 0.25) is 5.91 Å². The van der Waals surface area contributed by atoms with E-state index in [1.165, 1.54) is 0 Å². The molecule has 0 aliphatic heterocycles. The first-order valence-electron chi connectivity index (χ1n) is 6.46. The Balaban J connectivity index is 3.97. The minimum atomic E-state index is -0.356. The van der Waals surface area contributed by atoms with Crippen molar-refractivity contribution < 1.29 is 4.79 Å².